The van der Waals surface area contributed by atoms with E-state index in [1.54, 1.807) is 24.3 Å². The van der Waals surface area contributed by atoms with Crippen molar-refractivity contribution in [2.45, 2.75) is 32.4 Å². The maximum Gasteiger partial charge on any atom is 0.335 e. The molecule has 1 heterocycles. The fourth-order valence-corrected chi connectivity index (χ4v) is 2.18. The van der Waals surface area contributed by atoms with Gasteiger partial charge < -0.3 is 15.3 Å². The molecule has 0 aromatic heterocycles. The van der Waals surface area contributed by atoms with E-state index >= 15 is 0 Å². The molecule has 2 amide bonds. The van der Waals surface area contributed by atoms with Gasteiger partial charge >= 0.3 is 12.0 Å². The second kappa shape index (κ2) is 5.73. The molecule has 1 aliphatic rings. The van der Waals surface area contributed by atoms with E-state index in [9.17, 15) is 9.59 Å². The summed E-state index contributed by atoms with van der Waals surface area (Å²) in [4.78, 5) is 24.4. The Kier molecular flexibility index (Phi) is 4.04. The van der Waals surface area contributed by atoms with E-state index in [0.29, 0.717) is 12.6 Å². The minimum atomic E-state index is -0.943. The molecule has 5 nitrogen and oxygen atoms in total. The Hall–Kier alpha value is -2.04. The molecule has 5 heteroatoms. The lowest BCUT2D eigenvalue weighted by molar-refractivity contribution is 0.0696. The molecule has 1 saturated heterocycles. The Balaban J connectivity index is 1.85. The van der Waals surface area contributed by atoms with Crippen molar-refractivity contribution < 1.29 is 14.7 Å². The number of urea groups is 1. The van der Waals surface area contributed by atoms with Crippen LogP contribution in [0.15, 0.2) is 24.3 Å². The van der Waals surface area contributed by atoms with Crippen LogP contribution in [0.5, 0.6) is 0 Å². The summed E-state index contributed by atoms with van der Waals surface area (Å²) in [5, 5.41) is 11.6. The maximum atomic E-state index is 11.9. The Bertz CT molecular complexity index is 468. The fourth-order valence-electron chi connectivity index (χ4n) is 2.18. The lowest BCUT2D eigenvalue weighted by Gasteiger charge is -2.40. The molecule has 0 aliphatic carbocycles. The lowest BCUT2D eigenvalue weighted by atomic mass is 10.0. The first-order valence-corrected chi connectivity index (χ1v) is 6.48. The van der Waals surface area contributed by atoms with Gasteiger partial charge in [-0.25, -0.2) is 9.59 Å². The molecule has 1 fully saturated rings. The molecular formula is C14H18N2O3. The number of carboxylic acid groups (broad SMARTS) is 1. The topological polar surface area (TPSA) is 69.6 Å². The van der Waals surface area contributed by atoms with Crippen molar-refractivity contribution in [2.24, 2.45) is 0 Å². The number of rotatable bonds is 4. The van der Waals surface area contributed by atoms with E-state index in [2.05, 4.69) is 12.2 Å². The summed E-state index contributed by atoms with van der Waals surface area (Å²) in [6, 6.07) is 6.86. The number of likely N-dealkylation sites (tertiary alicyclic amines) is 1. The van der Waals surface area contributed by atoms with Crippen LogP contribution in [0.4, 0.5) is 4.79 Å². The van der Waals surface area contributed by atoms with Gasteiger partial charge in [-0.15, -0.1) is 0 Å². The van der Waals surface area contributed by atoms with Gasteiger partial charge in [-0.3, -0.25) is 0 Å². The lowest BCUT2D eigenvalue weighted by Crippen LogP contribution is -2.54. The van der Waals surface area contributed by atoms with Gasteiger partial charge in [0.25, 0.3) is 0 Å². The van der Waals surface area contributed by atoms with Gasteiger partial charge in [0, 0.05) is 19.1 Å². The molecule has 0 spiro atoms. The summed E-state index contributed by atoms with van der Waals surface area (Å²) in [5.41, 5.74) is 1.15. The summed E-state index contributed by atoms with van der Waals surface area (Å²) < 4.78 is 0. The van der Waals surface area contributed by atoms with Crippen molar-refractivity contribution in [1.82, 2.24) is 10.2 Å². The highest BCUT2D eigenvalue weighted by Crippen LogP contribution is 2.19. The van der Waals surface area contributed by atoms with Crippen LogP contribution in [0.1, 0.15) is 35.7 Å². The van der Waals surface area contributed by atoms with E-state index in [0.717, 1.165) is 24.9 Å². The molecule has 1 unspecified atom stereocenters. The highest BCUT2D eigenvalue weighted by molar-refractivity contribution is 5.87. The van der Waals surface area contributed by atoms with Crippen molar-refractivity contribution in [3.8, 4) is 0 Å². The highest BCUT2D eigenvalue weighted by Gasteiger charge is 2.30. The third kappa shape index (κ3) is 3.05. The smallest absolute Gasteiger partial charge is 0.335 e. The Morgan fingerprint density at radius 3 is 2.53 bits per heavy atom. The summed E-state index contributed by atoms with van der Waals surface area (Å²) in [7, 11) is 0. The first-order valence-electron chi connectivity index (χ1n) is 6.48. The number of carboxylic acids is 1. The summed E-state index contributed by atoms with van der Waals surface area (Å²) in [6.45, 7) is 3.32. The molecule has 0 saturated carbocycles. The SMILES string of the molecule is CCC1CCN1C(=O)NCc1ccc(C(=O)O)cc1. The molecule has 0 bridgehead atoms. The predicted molar refractivity (Wildman–Crippen MR) is 71.0 cm³/mol. The standard InChI is InChI=1S/C14H18N2O3/c1-2-12-7-8-16(12)14(19)15-9-10-3-5-11(6-4-10)13(17)18/h3-6,12H,2,7-9H2,1H3,(H,15,19)(H,17,18). The van der Waals surface area contributed by atoms with E-state index in [4.69, 9.17) is 5.11 Å². The number of hydrogen-bond donors (Lipinski definition) is 2. The first kappa shape index (κ1) is 13.4. The summed E-state index contributed by atoms with van der Waals surface area (Å²) in [6.07, 6.45) is 2.07. The molecule has 1 aromatic rings. The van der Waals surface area contributed by atoms with Gasteiger partial charge in [-0.2, -0.15) is 0 Å². The largest absolute Gasteiger partial charge is 0.478 e. The molecule has 1 atom stereocenters. The number of carbonyl (C=O) groups excluding carboxylic acids is 1. The van der Waals surface area contributed by atoms with E-state index in [1.165, 1.54) is 0 Å². The van der Waals surface area contributed by atoms with Gasteiger partial charge in [0.15, 0.2) is 0 Å². The van der Waals surface area contributed by atoms with Gasteiger partial charge in [-0.05, 0) is 30.5 Å². The zero-order valence-corrected chi connectivity index (χ0v) is 10.9. The second-order valence-corrected chi connectivity index (χ2v) is 4.70. The van der Waals surface area contributed by atoms with Gasteiger partial charge in [0.05, 0.1) is 5.56 Å². The van der Waals surface area contributed by atoms with Crippen molar-refractivity contribution in [2.75, 3.05) is 6.54 Å². The van der Waals surface area contributed by atoms with E-state index in [1.807, 2.05) is 4.90 Å². The molecule has 2 N–H and O–H groups in total. The van der Waals surface area contributed by atoms with Gasteiger partial charge in [-0.1, -0.05) is 19.1 Å². The number of hydrogen-bond acceptors (Lipinski definition) is 2. The molecule has 102 valence electrons. The van der Waals surface area contributed by atoms with Crippen molar-refractivity contribution in [1.29, 1.82) is 0 Å². The molecule has 0 radical (unpaired) electrons. The van der Waals surface area contributed by atoms with Gasteiger partial charge in [0.2, 0.25) is 0 Å². The average molecular weight is 262 g/mol. The fraction of sp³-hybridized carbons (Fsp3) is 0.429. The zero-order chi connectivity index (χ0) is 13.8. The number of nitrogens with one attached hydrogen (secondary N) is 1. The number of aromatic carboxylic acids is 1. The van der Waals surface area contributed by atoms with Crippen LogP contribution >= 0.6 is 0 Å². The maximum absolute atomic E-state index is 11.9. The first-order chi connectivity index (χ1) is 9.11. The van der Waals surface area contributed by atoms with Crippen molar-refractivity contribution >= 4 is 12.0 Å². The quantitative estimate of drug-likeness (QED) is 0.872. The van der Waals surface area contributed by atoms with Crippen LogP contribution < -0.4 is 5.32 Å². The Morgan fingerprint density at radius 2 is 2.05 bits per heavy atom. The van der Waals surface area contributed by atoms with Crippen molar-refractivity contribution in [3.63, 3.8) is 0 Å². The van der Waals surface area contributed by atoms with Crippen LogP contribution in [-0.2, 0) is 6.54 Å². The molecular weight excluding hydrogens is 244 g/mol. The van der Waals surface area contributed by atoms with E-state index in [-0.39, 0.29) is 11.6 Å². The third-order valence-corrected chi connectivity index (χ3v) is 3.52. The van der Waals surface area contributed by atoms with Crippen LogP contribution in [0, 0.1) is 0 Å². The van der Waals surface area contributed by atoms with Crippen LogP contribution in [0.25, 0.3) is 0 Å². The molecule has 1 aromatic carbocycles. The monoisotopic (exact) mass is 262 g/mol. The molecule has 1 aliphatic heterocycles. The molecule has 2 rings (SSSR count). The molecule has 19 heavy (non-hydrogen) atoms. The number of nitrogens with zero attached hydrogens (tertiary/aromatic N) is 1. The minimum Gasteiger partial charge on any atom is -0.478 e. The summed E-state index contributed by atoms with van der Waals surface area (Å²) >= 11 is 0. The van der Waals surface area contributed by atoms with E-state index < -0.39 is 5.97 Å². The van der Waals surface area contributed by atoms with Crippen LogP contribution in [-0.4, -0.2) is 34.6 Å². The highest BCUT2D eigenvalue weighted by atomic mass is 16.4. The van der Waals surface area contributed by atoms with Crippen molar-refractivity contribution in [3.05, 3.63) is 35.4 Å². The minimum absolute atomic E-state index is 0.0413. The predicted octanol–water partition coefficient (Wildman–Crippen LogP) is 2.08. The average Bonchev–Trinajstić information content (AvgIpc) is 2.36. The normalized spacial score (nSPS) is 17.7. The zero-order valence-electron chi connectivity index (χ0n) is 10.9. The van der Waals surface area contributed by atoms with Crippen LogP contribution in [0.3, 0.4) is 0 Å². The van der Waals surface area contributed by atoms with Gasteiger partial charge in [0.1, 0.15) is 0 Å². The number of carbonyl (C=O) groups is 2. The number of amides is 2. The third-order valence-electron chi connectivity index (χ3n) is 3.52. The Morgan fingerprint density at radius 1 is 1.37 bits per heavy atom. The summed E-state index contributed by atoms with van der Waals surface area (Å²) in [5.74, 6) is -0.943. The van der Waals surface area contributed by atoms with Crippen LogP contribution in [0.2, 0.25) is 0 Å². The Labute approximate surface area is 112 Å². The second-order valence-electron chi connectivity index (χ2n) is 4.70. The number of benzene rings is 1.